The zero-order chi connectivity index (χ0) is 21.4. The van der Waals surface area contributed by atoms with E-state index in [-0.39, 0.29) is 12.5 Å². The minimum atomic E-state index is -5.27. The van der Waals surface area contributed by atoms with Crippen LogP contribution in [0.25, 0.3) is 0 Å². The minimum absolute atomic E-state index is 0.229. The van der Waals surface area contributed by atoms with Crippen LogP contribution in [0.3, 0.4) is 0 Å². The van der Waals surface area contributed by atoms with Gasteiger partial charge in [0, 0.05) is 17.3 Å². The Balaban J connectivity index is 2.14. The van der Waals surface area contributed by atoms with E-state index in [9.17, 15) is 26.4 Å². The molecule has 0 amide bonds. The predicted molar refractivity (Wildman–Crippen MR) is 126 cm³/mol. The van der Waals surface area contributed by atoms with E-state index in [2.05, 4.69) is 67.8 Å². The van der Waals surface area contributed by atoms with Gasteiger partial charge in [-0.2, -0.15) is 13.2 Å². The number of sulfonamides is 1. The molecule has 1 rings (SSSR count). The molecular weight excluding hydrogens is 740 g/mol. The quantitative estimate of drug-likeness (QED) is 0.141. The number of halogens is 6. The fourth-order valence-electron chi connectivity index (χ4n) is 2.17. The molecule has 0 unspecified atom stereocenters. The average molecular weight is 759 g/mol. The average Bonchev–Trinajstić information content (AvgIpc) is 2.58. The molecule has 0 aliphatic carbocycles. The Morgan fingerprint density at radius 1 is 1.00 bits per heavy atom. The van der Waals surface area contributed by atoms with Crippen LogP contribution < -0.4 is 4.72 Å². The Kier molecular flexibility index (Phi) is 11.8. The van der Waals surface area contributed by atoms with Crippen molar-refractivity contribution in [1.29, 1.82) is 0 Å². The van der Waals surface area contributed by atoms with Crippen molar-refractivity contribution in [2.24, 2.45) is 0 Å². The van der Waals surface area contributed by atoms with Gasteiger partial charge in [0.1, 0.15) is 0 Å². The Hall–Kier alpha value is 0.580. The number of carbonyl (C=O) groups excluding carboxylic acids is 1. The highest BCUT2D eigenvalue weighted by molar-refractivity contribution is 14.1. The second kappa shape index (κ2) is 12.4. The molecule has 1 aromatic carbocycles. The first-order valence-electron chi connectivity index (χ1n) is 8.33. The summed E-state index contributed by atoms with van der Waals surface area (Å²) >= 11 is 6.44. The molecule has 0 aliphatic rings. The fourth-order valence-corrected chi connectivity index (χ4v) is 5.12. The van der Waals surface area contributed by atoms with Crippen LogP contribution >= 0.6 is 67.8 Å². The molecule has 12 heteroatoms. The smallest absolute Gasteiger partial charge is 0.462 e. The van der Waals surface area contributed by atoms with Crippen LogP contribution in [-0.2, 0) is 14.8 Å². The van der Waals surface area contributed by atoms with Gasteiger partial charge in [0.25, 0.3) is 0 Å². The maximum Gasteiger partial charge on any atom is 0.511 e. The number of esters is 1. The second-order valence-electron chi connectivity index (χ2n) is 5.85. The molecule has 0 bridgehead atoms. The third-order valence-electron chi connectivity index (χ3n) is 3.61. The van der Waals surface area contributed by atoms with Crippen LogP contribution in [0.5, 0.6) is 0 Å². The number of hydrogen-bond acceptors (Lipinski definition) is 4. The number of nitrogens with one attached hydrogen (secondary N) is 1. The highest BCUT2D eigenvalue weighted by atomic mass is 127. The normalized spacial score (nSPS) is 12.2. The van der Waals surface area contributed by atoms with Gasteiger partial charge in [0.05, 0.1) is 12.2 Å². The van der Waals surface area contributed by atoms with Crippen molar-refractivity contribution in [1.82, 2.24) is 4.72 Å². The molecule has 0 aliphatic heterocycles. The van der Waals surface area contributed by atoms with Crippen molar-refractivity contribution in [2.75, 3.05) is 13.2 Å². The van der Waals surface area contributed by atoms with Gasteiger partial charge in [-0.1, -0.05) is 25.7 Å². The van der Waals surface area contributed by atoms with Gasteiger partial charge >= 0.3 is 21.5 Å². The molecule has 1 aromatic rings. The highest BCUT2D eigenvalue weighted by Gasteiger charge is 2.45. The molecule has 28 heavy (non-hydrogen) atoms. The molecule has 0 spiro atoms. The zero-order valence-corrected chi connectivity index (χ0v) is 21.9. The lowest BCUT2D eigenvalue weighted by molar-refractivity contribution is -0.0447. The topological polar surface area (TPSA) is 72.5 Å². The Morgan fingerprint density at radius 2 is 1.57 bits per heavy atom. The van der Waals surface area contributed by atoms with E-state index >= 15 is 0 Å². The molecular formula is C16H19F3I3NO4S. The molecule has 0 radical (unpaired) electrons. The lowest BCUT2D eigenvalue weighted by Crippen LogP contribution is -2.36. The summed E-state index contributed by atoms with van der Waals surface area (Å²) < 4.78 is 67.6. The van der Waals surface area contributed by atoms with Crippen LogP contribution in [0.15, 0.2) is 12.1 Å². The van der Waals surface area contributed by atoms with Gasteiger partial charge in [-0.05, 0) is 92.7 Å². The van der Waals surface area contributed by atoms with E-state index in [1.807, 2.05) is 6.07 Å². The lowest BCUT2D eigenvalue weighted by Gasteiger charge is -2.09. The van der Waals surface area contributed by atoms with Gasteiger partial charge in [0.15, 0.2) is 0 Å². The summed E-state index contributed by atoms with van der Waals surface area (Å²) in [7, 11) is -5.24. The van der Waals surface area contributed by atoms with Crippen molar-refractivity contribution < 1.29 is 31.1 Å². The third kappa shape index (κ3) is 9.16. The Morgan fingerprint density at radius 3 is 2.18 bits per heavy atom. The summed E-state index contributed by atoms with van der Waals surface area (Å²) in [6.45, 7) is 0.0785. The van der Waals surface area contributed by atoms with Crippen molar-refractivity contribution >= 4 is 83.8 Å². The zero-order valence-electron chi connectivity index (χ0n) is 14.6. The summed E-state index contributed by atoms with van der Waals surface area (Å²) in [6.07, 6.45) is 4.09. The molecule has 0 heterocycles. The van der Waals surface area contributed by atoms with Gasteiger partial charge in [-0.3, -0.25) is 0 Å². The van der Waals surface area contributed by atoms with Crippen LogP contribution in [0.1, 0.15) is 48.9 Å². The van der Waals surface area contributed by atoms with E-state index in [0.29, 0.717) is 31.4 Å². The fraction of sp³-hybridized carbons (Fsp3) is 0.562. The first-order chi connectivity index (χ1) is 13.0. The van der Waals surface area contributed by atoms with Gasteiger partial charge < -0.3 is 4.74 Å². The summed E-state index contributed by atoms with van der Waals surface area (Å²) in [5, 5.41) is 0. The number of rotatable bonds is 11. The van der Waals surface area contributed by atoms with E-state index in [1.165, 1.54) is 4.72 Å². The number of hydrogen-bond donors (Lipinski definition) is 1. The molecule has 1 N–H and O–H groups in total. The maximum absolute atomic E-state index is 12.2. The van der Waals surface area contributed by atoms with Crippen molar-refractivity contribution in [3.05, 3.63) is 28.4 Å². The van der Waals surface area contributed by atoms with E-state index in [0.717, 1.165) is 30.0 Å². The van der Waals surface area contributed by atoms with Crippen molar-refractivity contribution in [3.63, 3.8) is 0 Å². The summed E-state index contributed by atoms with van der Waals surface area (Å²) in [5.74, 6) is -0.349. The SMILES string of the molecule is O=C(OCCCCCCCCNS(=O)(=O)C(F)(F)F)c1cc(I)cc(I)c1I. The molecule has 0 saturated carbocycles. The molecule has 160 valence electrons. The number of benzene rings is 1. The molecule has 0 atom stereocenters. The molecule has 0 fully saturated rings. The predicted octanol–water partition coefficient (Wildman–Crippen LogP) is 5.44. The van der Waals surface area contributed by atoms with Crippen LogP contribution in [0.4, 0.5) is 13.2 Å². The Labute approximate surface area is 203 Å². The van der Waals surface area contributed by atoms with Crippen molar-refractivity contribution in [3.8, 4) is 0 Å². The van der Waals surface area contributed by atoms with E-state index < -0.39 is 15.5 Å². The molecule has 5 nitrogen and oxygen atoms in total. The number of unbranched alkanes of at least 4 members (excludes halogenated alkanes) is 5. The van der Waals surface area contributed by atoms with Crippen LogP contribution in [0.2, 0.25) is 0 Å². The third-order valence-corrected chi connectivity index (χ3v) is 8.48. The van der Waals surface area contributed by atoms with Crippen molar-refractivity contribution in [2.45, 2.75) is 44.0 Å². The largest absolute Gasteiger partial charge is 0.511 e. The monoisotopic (exact) mass is 759 g/mol. The minimum Gasteiger partial charge on any atom is -0.462 e. The van der Waals surface area contributed by atoms with E-state index in [1.54, 1.807) is 6.07 Å². The number of alkyl halides is 3. The summed E-state index contributed by atoms with van der Waals surface area (Å²) in [6, 6.07) is 3.77. The Bertz CT molecular complexity index is 773. The summed E-state index contributed by atoms with van der Waals surface area (Å²) in [4.78, 5) is 12.2. The number of ether oxygens (including phenoxy) is 1. The molecule has 0 saturated heterocycles. The van der Waals surface area contributed by atoms with Crippen LogP contribution in [-0.4, -0.2) is 33.0 Å². The molecule has 0 aromatic heterocycles. The van der Waals surface area contributed by atoms with Gasteiger partial charge in [-0.15, -0.1) is 0 Å². The second-order valence-corrected chi connectivity index (χ2v) is 11.1. The van der Waals surface area contributed by atoms with Gasteiger partial charge in [0.2, 0.25) is 0 Å². The van der Waals surface area contributed by atoms with Crippen LogP contribution in [0, 0.1) is 10.7 Å². The van der Waals surface area contributed by atoms with E-state index in [4.69, 9.17) is 4.74 Å². The first-order valence-corrected chi connectivity index (χ1v) is 13.1. The highest BCUT2D eigenvalue weighted by Crippen LogP contribution is 2.24. The standard InChI is InChI=1S/C16H19F3I3NO4S/c17-16(18,19)28(25,26)23-7-5-3-1-2-4-6-8-27-15(24)12-9-11(20)10-13(21)14(12)22/h9-10,23H,1-8H2. The lowest BCUT2D eigenvalue weighted by atomic mass is 10.1. The number of carbonyl (C=O) groups is 1. The summed E-state index contributed by atoms with van der Waals surface area (Å²) in [5.41, 5.74) is -4.71. The first kappa shape index (κ1) is 26.6. The van der Waals surface area contributed by atoms with Gasteiger partial charge in [-0.25, -0.2) is 17.9 Å². The maximum atomic E-state index is 12.2.